The molecule has 104 valence electrons. The second-order valence-corrected chi connectivity index (χ2v) is 4.32. The smallest absolute Gasteiger partial charge is 0.330 e. The molecule has 0 aliphatic heterocycles. The van der Waals surface area contributed by atoms with Crippen LogP contribution in [0.4, 0.5) is 0 Å². The van der Waals surface area contributed by atoms with Crippen LogP contribution < -0.4 is 4.74 Å². The maximum atomic E-state index is 11.0. The molecule has 0 atom stereocenters. The topological polar surface area (TPSA) is 48.7 Å². The molecule has 4 nitrogen and oxygen atoms in total. The summed E-state index contributed by atoms with van der Waals surface area (Å²) in [4.78, 5) is 11.0. The number of carbonyl (C=O) groups is 1. The molecule has 2 rings (SSSR count). The maximum Gasteiger partial charge on any atom is 0.330 e. The molecule has 2 aromatic rings. The van der Waals surface area contributed by atoms with Gasteiger partial charge in [-0.05, 0) is 36.4 Å². The van der Waals surface area contributed by atoms with Crippen molar-refractivity contribution in [2.24, 2.45) is 0 Å². The van der Waals surface area contributed by atoms with Gasteiger partial charge in [0.15, 0.2) is 0 Å². The van der Waals surface area contributed by atoms with Gasteiger partial charge in [-0.3, -0.25) is 0 Å². The van der Waals surface area contributed by atoms with Crippen LogP contribution in [0.15, 0.2) is 40.8 Å². The lowest BCUT2D eigenvalue weighted by molar-refractivity contribution is -0.134. The van der Waals surface area contributed by atoms with Gasteiger partial charge >= 0.3 is 5.97 Å². The first-order valence-corrected chi connectivity index (χ1v) is 6.21. The molecule has 1 heterocycles. The monoisotopic (exact) mass is 292 g/mol. The molecular weight excluding hydrogens is 280 g/mol. The standard InChI is InChI=1S/C15H13ClO4/c1-18-14-6-3-10(9-12(14)16)13-7-4-11(20-13)5-8-15(17)19-2/h3-9H,1-2H3/b8-5+. The van der Waals surface area contributed by atoms with E-state index in [9.17, 15) is 4.79 Å². The van der Waals surface area contributed by atoms with E-state index in [2.05, 4.69) is 4.74 Å². The number of carbonyl (C=O) groups excluding carboxylic acids is 1. The van der Waals surface area contributed by atoms with Gasteiger partial charge in [-0.25, -0.2) is 4.79 Å². The Labute approximate surface area is 121 Å². The fourth-order valence-corrected chi connectivity index (χ4v) is 1.89. The van der Waals surface area contributed by atoms with Crippen LogP contribution >= 0.6 is 11.6 Å². The highest BCUT2D eigenvalue weighted by atomic mass is 35.5. The SMILES string of the molecule is COC(=O)/C=C/c1ccc(-c2ccc(OC)c(Cl)c2)o1. The lowest BCUT2D eigenvalue weighted by atomic mass is 10.2. The van der Waals surface area contributed by atoms with E-state index in [1.807, 2.05) is 6.07 Å². The fraction of sp³-hybridized carbons (Fsp3) is 0.133. The molecule has 20 heavy (non-hydrogen) atoms. The van der Waals surface area contributed by atoms with Gasteiger partial charge in [0.05, 0.1) is 19.2 Å². The quantitative estimate of drug-likeness (QED) is 0.635. The molecule has 0 fully saturated rings. The minimum Gasteiger partial charge on any atom is -0.495 e. The number of esters is 1. The Morgan fingerprint density at radius 2 is 2.05 bits per heavy atom. The van der Waals surface area contributed by atoms with Gasteiger partial charge in [-0.1, -0.05) is 11.6 Å². The summed E-state index contributed by atoms with van der Waals surface area (Å²) in [5, 5.41) is 0.507. The predicted molar refractivity (Wildman–Crippen MR) is 76.8 cm³/mol. The van der Waals surface area contributed by atoms with Gasteiger partial charge in [-0.2, -0.15) is 0 Å². The van der Waals surface area contributed by atoms with Crippen molar-refractivity contribution >= 4 is 23.6 Å². The van der Waals surface area contributed by atoms with Gasteiger partial charge in [0.2, 0.25) is 0 Å². The van der Waals surface area contributed by atoms with Crippen LogP contribution in [0.5, 0.6) is 5.75 Å². The van der Waals surface area contributed by atoms with E-state index in [1.165, 1.54) is 13.2 Å². The summed E-state index contributed by atoms with van der Waals surface area (Å²) in [7, 11) is 2.88. The largest absolute Gasteiger partial charge is 0.495 e. The summed E-state index contributed by atoms with van der Waals surface area (Å²) < 4.78 is 15.2. The third kappa shape index (κ3) is 3.22. The number of rotatable bonds is 4. The van der Waals surface area contributed by atoms with Crippen LogP contribution in [-0.4, -0.2) is 20.2 Å². The summed E-state index contributed by atoms with van der Waals surface area (Å²) in [5.41, 5.74) is 0.827. The Bertz CT molecular complexity index is 643. The Morgan fingerprint density at radius 1 is 1.25 bits per heavy atom. The summed E-state index contributed by atoms with van der Waals surface area (Å²) in [6.07, 6.45) is 2.84. The van der Waals surface area contributed by atoms with Crippen molar-refractivity contribution in [3.8, 4) is 17.1 Å². The first-order chi connectivity index (χ1) is 9.63. The van der Waals surface area contributed by atoms with Crippen LogP contribution in [0.1, 0.15) is 5.76 Å². The highest BCUT2D eigenvalue weighted by Gasteiger charge is 2.07. The molecule has 0 spiro atoms. The minimum atomic E-state index is -0.435. The fourth-order valence-electron chi connectivity index (χ4n) is 1.64. The zero-order valence-electron chi connectivity index (χ0n) is 11.1. The molecule has 0 aliphatic rings. The van der Waals surface area contributed by atoms with Crippen molar-refractivity contribution in [1.82, 2.24) is 0 Å². The molecule has 0 saturated heterocycles. The molecule has 0 amide bonds. The molecular formula is C15H13ClO4. The molecule has 0 saturated carbocycles. The molecule has 0 N–H and O–H groups in total. The number of hydrogen-bond acceptors (Lipinski definition) is 4. The Balaban J connectivity index is 2.22. The van der Waals surface area contributed by atoms with Crippen molar-refractivity contribution < 1.29 is 18.7 Å². The molecule has 1 aromatic heterocycles. The highest BCUT2D eigenvalue weighted by Crippen LogP contribution is 2.31. The van der Waals surface area contributed by atoms with Gasteiger partial charge in [0.1, 0.15) is 17.3 Å². The third-order valence-electron chi connectivity index (χ3n) is 2.65. The summed E-state index contributed by atoms with van der Waals surface area (Å²) in [6, 6.07) is 8.93. The van der Waals surface area contributed by atoms with Gasteiger partial charge < -0.3 is 13.9 Å². The van der Waals surface area contributed by atoms with E-state index < -0.39 is 5.97 Å². The first kappa shape index (κ1) is 14.2. The molecule has 1 aromatic carbocycles. The Kier molecular flexibility index (Phi) is 4.48. The summed E-state index contributed by atoms with van der Waals surface area (Å²) in [6.45, 7) is 0. The second-order valence-electron chi connectivity index (χ2n) is 3.91. The normalized spacial score (nSPS) is 10.8. The van der Waals surface area contributed by atoms with Gasteiger partial charge in [0.25, 0.3) is 0 Å². The third-order valence-corrected chi connectivity index (χ3v) is 2.94. The molecule has 0 unspecified atom stereocenters. The van der Waals surface area contributed by atoms with Gasteiger partial charge in [-0.15, -0.1) is 0 Å². The zero-order chi connectivity index (χ0) is 14.5. The number of furan rings is 1. The zero-order valence-corrected chi connectivity index (χ0v) is 11.8. The van der Waals surface area contributed by atoms with E-state index in [1.54, 1.807) is 37.5 Å². The summed E-state index contributed by atoms with van der Waals surface area (Å²) >= 11 is 6.07. The molecule has 0 aliphatic carbocycles. The van der Waals surface area contributed by atoms with Crippen molar-refractivity contribution in [3.05, 3.63) is 47.2 Å². The van der Waals surface area contributed by atoms with E-state index in [0.717, 1.165) is 5.56 Å². The average molecular weight is 293 g/mol. The number of ether oxygens (including phenoxy) is 2. The van der Waals surface area contributed by atoms with Crippen LogP contribution in [0, 0.1) is 0 Å². The molecule has 0 radical (unpaired) electrons. The van der Waals surface area contributed by atoms with E-state index >= 15 is 0 Å². The van der Waals surface area contributed by atoms with Crippen molar-refractivity contribution in [2.75, 3.05) is 14.2 Å². The van der Waals surface area contributed by atoms with Crippen LogP contribution in [0.2, 0.25) is 5.02 Å². The average Bonchev–Trinajstić information content (AvgIpc) is 2.93. The Hall–Kier alpha value is -2.20. The first-order valence-electron chi connectivity index (χ1n) is 5.84. The minimum absolute atomic E-state index is 0.435. The summed E-state index contributed by atoms with van der Waals surface area (Å²) in [5.74, 6) is 1.37. The maximum absolute atomic E-state index is 11.0. The van der Waals surface area contributed by atoms with Crippen molar-refractivity contribution in [2.45, 2.75) is 0 Å². The second kappa shape index (κ2) is 6.30. The predicted octanol–water partition coefficient (Wildman–Crippen LogP) is 3.79. The van der Waals surface area contributed by atoms with E-state index in [-0.39, 0.29) is 0 Å². The Morgan fingerprint density at radius 3 is 2.70 bits per heavy atom. The van der Waals surface area contributed by atoms with Crippen molar-refractivity contribution in [3.63, 3.8) is 0 Å². The van der Waals surface area contributed by atoms with Crippen molar-refractivity contribution in [1.29, 1.82) is 0 Å². The highest BCUT2D eigenvalue weighted by molar-refractivity contribution is 6.32. The van der Waals surface area contributed by atoms with Crippen LogP contribution in [0.25, 0.3) is 17.4 Å². The lowest BCUT2D eigenvalue weighted by Gasteiger charge is -2.04. The number of halogens is 1. The number of hydrogen-bond donors (Lipinski definition) is 0. The molecule has 5 heteroatoms. The van der Waals surface area contributed by atoms with E-state index in [4.69, 9.17) is 20.8 Å². The van der Waals surface area contributed by atoms with Crippen LogP contribution in [0.3, 0.4) is 0 Å². The number of benzene rings is 1. The van der Waals surface area contributed by atoms with E-state index in [0.29, 0.717) is 22.3 Å². The van der Waals surface area contributed by atoms with Gasteiger partial charge in [0, 0.05) is 11.6 Å². The lowest BCUT2D eigenvalue weighted by Crippen LogP contribution is -1.92. The van der Waals surface area contributed by atoms with Crippen LogP contribution in [-0.2, 0) is 9.53 Å². The number of methoxy groups -OCH3 is 2. The molecule has 0 bridgehead atoms.